The Bertz CT molecular complexity index is 652. The van der Waals surface area contributed by atoms with Gasteiger partial charge in [0.2, 0.25) is 0 Å². The summed E-state index contributed by atoms with van der Waals surface area (Å²) in [6, 6.07) is 16.6. The average Bonchev–Trinajstić information content (AvgIpc) is 2.60. The lowest BCUT2D eigenvalue weighted by Gasteiger charge is -2.09. The molecule has 4 nitrogen and oxygen atoms in total. The van der Waals surface area contributed by atoms with E-state index in [-0.39, 0.29) is 6.42 Å². The fraction of sp³-hybridized carbons (Fsp3) is 0.381. The van der Waals surface area contributed by atoms with Crippen molar-refractivity contribution in [2.24, 2.45) is 0 Å². The van der Waals surface area contributed by atoms with Crippen LogP contribution in [-0.2, 0) is 17.6 Å². The quantitative estimate of drug-likeness (QED) is 0.613. The van der Waals surface area contributed by atoms with Gasteiger partial charge < -0.3 is 15.2 Å². The smallest absolute Gasteiger partial charge is 0.304 e. The molecule has 0 bridgehead atoms. The summed E-state index contributed by atoms with van der Waals surface area (Å²) in [5.41, 5.74) is 3.90. The minimum absolute atomic E-state index is 0.175. The Morgan fingerprint density at radius 1 is 1.04 bits per heavy atom. The third-order valence-corrected chi connectivity index (χ3v) is 4.16. The van der Waals surface area contributed by atoms with Crippen LogP contribution in [-0.4, -0.2) is 30.8 Å². The summed E-state index contributed by atoms with van der Waals surface area (Å²) >= 11 is 0. The van der Waals surface area contributed by atoms with Crippen molar-refractivity contribution in [1.82, 2.24) is 5.32 Å². The number of ether oxygens (including phenoxy) is 1. The molecule has 0 fully saturated rings. The molecule has 0 aliphatic rings. The fourth-order valence-corrected chi connectivity index (χ4v) is 2.66. The van der Waals surface area contributed by atoms with Crippen LogP contribution in [0.1, 0.15) is 29.5 Å². The van der Waals surface area contributed by atoms with Gasteiger partial charge in [0.25, 0.3) is 0 Å². The predicted molar refractivity (Wildman–Crippen MR) is 100 cm³/mol. The van der Waals surface area contributed by atoms with E-state index in [1.807, 2.05) is 12.1 Å². The van der Waals surface area contributed by atoms with Crippen molar-refractivity contribution in [1.29, 1.82) is 0 Å². The van der Waals surface area contributed by atoms with Crippen LogP contribution < -0.4 is 10.1 Å². The largest absolute Gasteiger partial charge is 0.493 e. The van der Waals surface area contributed by atoms with Gasteiger partial charge in [-0.05, 0) is 55.1 Å². The molecule has 0 heterocycles. The maximum Gasteiger partial charge on any atom is 0.304 e. The number of hydrogen-bond donors (Lipinski definition) is 2. The first-order chi connectivity index (χ1) is 12.1. The Hall–Kier alpha value is -2.33. The van der Waals surface area contributed by atoms with Gasteiger partial charge in [0.15, 0.2) is 0 Å². The number of carbonyl (C=O) groups is 1. The van der Waals surface area contributed by atoms with E-state index in [4.69, 9.17) is 9.84 Å². The molecular weight excluding hydrogens is 314 g/mol. The first kappa shape index (κ1) is 19.0. The van der Waals surface area contributed by atoms with Crippen LogP contribution in [0.3, 0.4) is 0 Å². The number of carboxylic acids is 1. The maximum atomic E-state index is 10.4. The molecule has 0 aliphatic heterocycles. The molecular formula is C21H27NO3. The molecule has 0 aliphatic carbocycles. The fourth-order valence-electron chi connectivity index (χ4n) is 2.66. The van der Waals surface area contributed by atoms with Crippen LogP contribution in [0.15, 0.2) is 48.5 Å². The lowest BCUT2D eigenvalue weighted by molar-refractivity contribution is -0.136. The highest BCUT2D eigenvalue weighted by molar-refractivity contribution is 5.66. The van der Waals surface area contributed by atoms with Crippen LogP contribution in [0.2, 0.25) is 0 Å². The van der Waals surface area contributed by atoms with E-state index in [1.165, 1.54) is 16.7 Å². The summed E-state index contributed by atoms with van der Waals surface area (Å²) in [6.07, 6.45) is 3.06. The van der Waals surface area contributed by atoms with Crippen LogP contribution >= 0.6 is 0 Å². The van der Waals surface area contributed by atoms with E-state index < -0.39 is 5.97 Å². The number of benzene rings is 2. The summed E-state index contributed by atoms with van der Waals surface area (Å²) in [6.45, 7) is 4.17. The Morgan fingerprint density at radius 2 is 1.80 bits per heavy atom. The molecule has 2 aromatic carbocycles. The monoisotopic (exact) mass is 341 g/mol. The summed E-state index contributed by atoms with van der Waals surface area (Å²) in [5, 5.41) is 11.7. The summed E-state index contributed by atoms with van der Waals surface area (Å²) < 4.78 is 5.83. The van der Waals surface area contributed by atoms with Crippen LogP contribution in [0, 0.1) is 6.92 Å². The molecule has 2 N–H and O–H groups in total. The summed E-state index contributed by atoms with van der Waals surface area (Å²) in [7, 11) is 0. The van der Waals surface area contributed by atoms with E-state index in [2.05, 4.69) is 48.6 Å². The zero-order chi connectivity index (χ0) is 17.9. The predicted octanol–water partition coefficient (Wildman–Crippen LogP) is 3.61. The highest BCUT2D eigenvalue weighted by Gasteiger charge is 2.00. The van der Waals surface area contributed by atoms with Gasteiger partial charge in [-0.2, -0.15) is 0 Å². The van der Waals surface area contributed by atoms with Gasteiger partial charge >= 0.3 is 5.97 Å². The maximum absolute atomic E-state index is 10.4. The topological polar surface area (TPSA) is 58.6 Å². The Labute approximate surface area is 149 Å². The Morgan fingerprint density at radius 3 is 2.52 bits per heavy atom. The average molecular weight is 341 g/mol. The van der Waals surface area contributed by atoms with Crippen molar-refractivity contribution >= 4 is 5.97 Å². The molecule has 0 radical (unpaired) electrons. The van der Waals surface area contributed by atoms with E-state index in [0.29, 0.717) is 13.2 Å². The molecule has 0 saturated heterocycles. The van der Waals surface area contributed by atoms with E-state index >= 15 is 0 Å². The summed E-state index contributed by atoms with van der Waals surface area (Å²) in [5.74, 6) is 0.141. The molecule has 2 aromatic rings. The number of aryl methyl sites for hydroxylation is 2. The highest BCUT2D eigenvalue weighted by Crippen LogP contribution is 2.14. The number of nitrogens with one attached hydrogen (secondary N) is 1. The molecule has 4 heteroatoms. The van der Waals surface area contributed by atoms with Crippen LogP contribution in [0.4, 0.5) is 0 Å². The van der Waals surface area contributed by atoms with Gasteiger partial charge in [-0.1, -0.05) is 36.4 Å². The minimum Gasteiger partial charge on any atom is -0.493 e. The number of hydrogen-bond acceptors (Lipinski definition) is 3. The van der Waals surface area contributed by atoms with E-state index in [0.717, 1.165) is 31.6 Å². The van der Waals surface area contributed by atoms with Gasteiger partial charge in [0, 0.05) is 13.0 Å². The molecule has 25 heavy (non-hydrogen) atoms. The molecule has 0 saturated carbocycles. The molecule has 0 aromatic heterocycles. The molecule has 0 atom stereocenters. The lowest BCUT2D eigenvalue weighted by Crippen LogP contribution is -2.19. The zero-order valence-corrected chi connectivity index (χ0v) is 14.8. The molecule has 134 valence electrons. The third-order valence-electron chi connectivity index (χ3n) is 4.16. The standard InChI is InChI=1S/C21H27NO3/c1-17-5-2-3-7-19(17)13-16-25-20-10-8-18(9-11-20)6-4-14-22-15-12-21(23)24/h2-3,5,7-11,22H,4,6,12-16H2,1H3,(H,23,24). The normalized spacial score (nSPS) is 10.6. The Balaban J connectivity index is 1.64. The molecule has 2 rings (SSSR count). The second kappa shape index (κ2) is 10.5. The minimum atomic E-state index is -0.759. The van der Waals surface area contributed by atoms with Crippen molar-refractivity contribution in [2.75, 3.05) is 19.7 Å². The van der Waals surface area contributed by atoms with Crippen LogP contribution in [0.5, 0.6) is 5.75 Å². The number of carboxylic acid groups (broad SMARTS) is 1. The van der Waals surface area contributed by atoms with Gasteiger partial charge in [0.1, 0.15) is 5.75 Å². The number of aliphatic carboxylic acids is 1. The number of rotatable bonds is 11. The third kappa shape index (κ3) is 7.40. The van der Waals surface area contributed by atoms with Crippen molar-refractivity contribution in [3.8, 4) is 5.75 Å². The van der Waals surface area contributed by atoms with Crippen LogP contribution in [0.25, 0.3) is 0 Å². The zero-order valence-electron chi connectivity index (χ0n) is 14.8. The SMILES string of the molecule is Cc1ccccc1CCOc1ccc(CCCNCCC(=O)O)cc1. The van der Waals surface area contributed by atoms with E-state index in [9.17, 15) is 4.79 Å². The first-order valence-electron chi connectivity index (χ1n) is 8.84. The second-order valence-electron chi connectivity index (χ2n) is 6.17. The van der Waals surface area contributed by atoms with Crippen molar-refractivity contribution in [3.63, 3.8) is 0 Å². The summed E-state index contributed by atoms with van der Waals surface area (Å²) in [4.78, 5) is 10.4. The first-order valence-corrected chi connectivity index (χ1v) is 8.84. The van der Waals surface area contributed by atoms with Gasteiger partial charge in [-0.25, -0.2) is 0 Å². The molecule has 0 spiro atoms. The van der Waals surface area contributed by atoms with Gasteiger partial charge in [0.05, 0.1) is 13.0 Å². The van der Waals surface area contributed by atoms with Crippen molar-refractivity contribution in [3.05, 3.63) is 65.2 Å². The van der Waals surface area contributed by atoms with E-state index in [1.54, 1.807) is 0 Å². The second-order valence-corrected chi connectivity index (χ2v) is 6.17. The van der Waals surface area contributed by atoms with Crippen molar-refractivity contribution in [2.45, 2.75) is 32.6 Å². The van der Waals surface area contributed by atoms with Gasteiger partial charge in [-0.3, -0.25) is 4.79 Å². The highest BCUT2D eigenvalue weighted by atomic mass is 16.5. The lowest BCUT2D eigenvalue weighted by atomic mass is 10.1. The van der Waals surface area contributed by atoms with Crippen molar-refractivity contribution < 1.29 is 14.6 Å². The Kier molecular flexibility index (Phi) is 7.99. The molecule has 0 amide bonds. The van der Waals surface area contributed by atoms with Gasteiger partial charge in [-0.15, -0.1) is 0 Å². The molecule has 0 unspecified atom stereocenters.